The Balaban J connectivity index is 2.53. The number of amides is 1. The number of hydrogen-bond acceptors (Lipinski definition) is 2. The third kappa shape index (κ3) is 2.61. The monoisotopic (exact) mass is 375 g/mol. The second-order valence-electron chi connectivity index (χ2n) is 3.91. The van der Waals surface area contributed by atoms with E-state index in [-0.39, 0.29) is 5.91 Å². The summed E-state index contributed by atoms with van der Waals surface area (Å²) in [6.45, 7) is 1.93. The Morgan fingerprint density at radius 1 is 1.50 bits per heavy atom. The first-order valence-corrected chi connectivity index (χ1v) is 10.9. The van der Waals surface area contributed by atoms with Gasteiger partial charge in [0.05, 0.1) is 0 Å². The Hall–Kier alpha value is -0.437. The van der Waals surface area contributed by atoms with Crippen LogP contribution >= 0.6 is 19.4 Å². The Bertz CT molecular complexity index is 515. The number of anilines is 1. The molecule has 1 amide bonds. The number of ether oxygens (including phenoxy) is 1. The van der Waals surface area contributed by atoms with Gasteiger partial charge in [-0.3, -0.25) is 0 Å². The average Bonchev–Trinajstić information content (AvgIpc) is 2.33. The fourth-order valence-corrected chi connectivity index (χ4v) is 3.67. The zero-order valence-electron chi connectivity index (χ0n) is 9.97. The van der Waals surface area contributed by atoms with Gasteiger partial charge in [0.2, 0.25) is 0 Å². The molecule has 1 aliphatic heterocycles. The third-order valence-corrected chi connectivity index (χ3v) is 4.64. The van der Waals surface area contributed by atoms with Gasteiger partial charge >= 0.3 is 120 Å². The summed E-state index contributed by atoms with van der Waals surface area (Å²) in [4.78, 5) is 13.6. The molecule has 2 rings (SSSR count). The molecule has 3 nitrogen and oxygen atoms in total. The Morgan fingerprint density at radius 3 is 2.83 bits per heavy atom. The van der Waals surface area contributed by atoms with Gasteiger partial charge in [-0.15, -0.1) is 0 Å². The van der Waals surface area contributed by atoms with Crippen molar-refractivity contribution in [3.63, 3.8) is 0 Å². The maximum atomic E-state index is 12.0. The standard InChI is InChI=1S/C12H13NO2.2ClH.Ru/c1-4-10-12(14)13(3)9-7-5-6-8(2)11(9)15-10;;;/h2,5-7,10H,4H2,1,3H3;2*1H;/q;;;+2/p-2. The predicted octanol–water partition coefficient (Wildman–Crippen LogP) is 2.90. The third-order valence-electron chi connectivity index (χ3n) is 2.81. The molecule has 1 atom stereocenters. The molecule has 1 aromatic carbocycles. The molecule has 100 valence electrons. The number of para-hydroxylation sites is 1. The molecule has 6 heteroatoms. The Morgan fingerprint density at radius 2 is 2.22 bits per heavy atom. The van der Waals surface area contributed by atoms with Gasteiger partial charge in [-0.1, -0.05) is 0 Å². The van der Waals surface area contributed by atoms with E-state index < -0.39 is 19.6 Å². The van der Waals surface area contributed by atoms with Crippen LogP contribution in [0.4, 0.5) is 5.69 Å². The zero-order chi connectivity index (χ0) is 13.3. The van der Waals surface area contributed by atoms with Crippen molar-refractivity contribution in [3.05, 3.63) is 23.8 Å². The first kappa shape index (κ1) is 14.0. The van der Waals surface area contributed by atoms with E-state index in [1.165, 1.54) is 0 Å². The summed E-state index contributed by atoms with van der Waals surface area (Å²) in [5, 5.41) is 0. The number of benzene rings is 1. The minimum atomic E-state index is -1.92. The summed E-state index contributed by atoms with van der Waals surface area (Å²) in [7, 11) is 13.6. The number of likely N-dealkylation sites (N-methyl/N-ethyl adjacent to an activating group) is 1. The number of fused-ring (bicyclic) bond motifs is 1. The van der Waals surface area contributed by atoms with Crippen LogP contribution in [0.25, 0.3) is 0 Å². The summed E-state index contributed by atoms with van der Waals surface area (Å²) in [5.74, 6) is 0.680. The second kappa shape index (κ2) is 5.69. The molecule has 1 aromatic rings. The summed E-state index contributed by atoms with van der Waals surface area (Å²) in [6, 6.07) is 5.63. The van der Waals surface area contributed by atoms with Gasteiger partial charge in [-0.2, -0.15) is 0 Å². The van der Waals surface area contributed by atoms with Gasteiger partial charge < -0.3 is 0 Å². The van der Waals surface area contributed by atoms with Crippen molar-refractivity contribution < 1.29 is 23.0 Å². The number of rotatable bonds is 2. The van der Waals surface area contributed by atoms with E-state index in [1.54, 1.807) is 11.9 Å². The van der Waals surface area contributed by atoms with E-state index in [2.05, 4.69) is 0 Å². The Kier molecular flexibility index (Phi) is 4.42. The van der Waals surface area contributed by atoms with Gasteiger partial charge in [0.15, 0.2) is 0 Å². The quantitative estimate of drug-likeness (QED) is 0.744. The van der Waals surface area contributed by atoms with Crippen LogP contribution in [-0.4, -0.2) is 23.7 Å². The maximum absolute atomic E-state index is 12.0. The van der Waals surface area contributed by atoms with Gasteiger partial charge in [-0.25, -0.2) is 0 Å². The van der Waals surface area contributed by atoms with Crippen molar-refractivity contribution in [3.8, 4) is 5.75 Å². The number of halogens is 2. The van der Waals surface area contributed by atoms with Crippen molar-refractivity contribution in [2.45, 2.75) is 19.4 Å². The van der Waals surface area contributed by atoms with Crippen LogP contribution < -0.4 is 9.64 Å². The van der Waals surface area contributed by atoms with Gasteiger partial charge in [0, 0.05) is 0 Å². The van der Waals surface area contributed by atoms with Crippen LogP contribution in [0.3, 0.4) is 0 Å². The van der Waals surface area contributed by atoms with E-state index >= 15 is 0 Å². The molecule has 0 aliphatic carbocycles. The summed E-state index contributed by atoms with van der Waals surface area (Å²) < 4.78 is 7.62. The van der Waals surface area contributed by atoms with Crippen molar-refractivity contribution in [1.29, 1.82) is 0 Å². The SMILES string of the molecule is CCC1Oc2c([CH]=[Ru]([Cl])[Cl])cccc2N(C)C1=O. The van der Waals surface area contributed by atoms with Crippen LogP contribution in [0.5, 0.6) is 5.75 Å². The topological polar surface area (TPSA) is 29.5 Å². The normalized spacial score (nSPS) is 19.1. The van der Waals surface area contributed by atoms with E-state index in [9.17, 15) is 4.79 Å². The molecular formula is C12H13Cl2NO2Ru. The van der Waals surface area contributed by atoms with E-state index in [0.717, 1.165) is 11.3 Å². The number of nitrogens with zero attached hydrogens (tertiary/aromatic N) is 1. The number of carbonyl (C=O) groups excluding carboxylic acids is 1. The minimum absolute atomic E-state index is 0.0203. The summed E-state index contributed by atoms with van der Waals surface area (Å²) in [5.41, 5.74) is 1.64. The van der Waals surface area contributed by atoms with Crippen LogP contribution in [0, 0.1) is 0 Å². The molecule has 0 spiro atoms. The molecule has 0 N–H and O–H groups in total. The molecule has 18 heavy (non-hydrogen) atoms. The zero-order valence-corrected chi connectivity index (χ0v) is 13.2. The number of carbonyl (C=O) groups is 1. The summed E-state index contributed by atoms with van der Waals surface area (Å²) in [6.07, 6.45) is 0.211. The molecule has 0 saturated heterocycles. The molecule has 0 bridgehead atoms. The fraction of sp³-hybridized carbons (Fsp3) is 0.333. The molecule has 1 aliphatic rings. The van der Waals surface area contributed by atoms with Crippen molar-refractivity contribution in [2.24, 2.45) is 0 Å². The molecule has 0 fully saturated rings. The van der Waals surface area contributed by atoms with E-state index in [4.69, 9.17) is 24.1 Å². The average molecular weight is 375 g/mol. The predicted molar refractivity (Wildman–Crippen MR) is 71.4 cm³/mol. The molecule has 1 unspecified atom stereocenters. The van der Waals surface area contributed by atoms with Crippen LogP contribution in [0.15, 0.2) is 18.2 Å². The summed E-state index contributed by atoms with van der Waals surface area (Å²) >= 11 is -1.92. The van der Waals surface area contributed by atoms with Crippen molar-refractivity contribution in [2.75, 3.05) is 11.9 Å². The first-order chi connectivity index (χ1) is 8.54. The first-order valence-electron chi connectivity index (χ1n) is 5.45. The van der Waals surface area contributed by atoms with Crippen molar-refractivity contribution in [1.82, 2.24) is 0 Å². The second-order valence-corrected chi connectivity index (χ2v) is 9.64. The molecule has 0 aromatic heterocycles. The van der Waals surface area contributed by atoms with E-state index in [1.807, 2.05) is 29.7 Å². The molecule has 1 heterocycles. The van der Waals surface area contributed by atoms with Crippen LogP contribution in [0.2, 0.25) is 0 Å². The molecule has 0 radical (unpaired) electrons. The van der Waals surface area contributed by atoms with Crippen molar-refractivity contribution >= 4 is 35.6 Å². The fourth-order valence-electron chi connectivity index (χ4n) is 1.88. The van der Waals surface area contributed by atoms with Crippen LogP contribution in [0.1, 0.15) is 18.9 Å². The van der Waals surface area contributed by atoms with E-state index in [0.29, 0.717) is 12.2 Å². The van der Waals surface area contributed by atoms with Gasteiger partial charge in [0.25, 0.3) is 0 Å². The van der Waals surface area contributed by atoms with Gasteiger partial charge in [0.1, 0.15) is 0 Å². The van der Waals surface area contributed by atoms with Crippen LogP contribution in [-0.2, 0) is 18.3 Å². The Labute approximate surface area is 119 Å². The molecular weight excluding hydrogens is 362 g/mol. The molecule has 0 saturated carbocycles. The van der Waals surface area contributed by atoms with Gasteiger partial charge in [-0.05, 0) is 0 Å². The number of hydrogen-bond donors (Lipinski definition) is 0.